The van der Waals surface area contributed by atoms with Crippen molar-refractivity contribution in [2.75, 3.05) is 18.6 Å². The van der Waals surface area contributed by atoms with Gasteiger partial charge in [0.25, 0.3) is 5.91 Å². The van der Waals surface area contributed by atoms with Gasteiger partial charge in [0.2, 0.25) is 0 Å². The summed E-state index contributed by atoms with van der Waals surface area (Å²) in [5, 5.41) is 16.3. The molecule has 1 atom stereocenters. The minimum atomic E-state index is -0.812. The molecule has 2 aromatic heterocycles. The number of amides is 1. The molecule has 8 nitrogen and oxygen atoms in total. The Morgan fingerprint density at radius 3 is 2.64 bits per heavy atom. The van der Waals surface area contributed by atoms with Crippen LogP contribution in [-0.2, 0) is 4.79 Å². The lowest BCUT2D eigenvalue weighted by atomic mass is 9.86. The Morgan fingerprint density at radius 2 is 1.92 bits per heavy atom. The Balaban J connectivity index is 1.43. The Hall–Kier alpha value is -3.69. The van der Waals surface area contributed by atoms with Gasteiger partial charge in [-0.05, 0) is 62.8 Å². The van der Waals surface area contributed by atoms with Crippen LogP contribution in [0.3, 0.4) is 0 Å². The molecule has 1 aliphatic carbocycles. The molecule has 10 heteroatoms. The summed E-state index contributed by atoms with van der Waals surface area (Å²) in [5.41, 5.74) is 1.15. The number of methoxy groups -OCH3 is 1. The first-order valence-corrected chi connectivity index (χ1v) is 12.2. The first-order valence-electron chi connectivity index (χ1n) is 12.2. The largest absolute Gasteiger partial charge is 0.496 e. The summed E-state index contributed by atoms with van der Waals surface area (Å²) in [6.45, 7) is 0.569. The number of aromatic nitrogens is 2. The minimum Gasteiger partial charge on any atom is -0.496 e. The zero-order valence-electron chi connectivity index (χ0n) is 19.9. The molecule has 5 rings (SSSR count). The zero-order valence-corrected chi connectivity index (χ0v) is 19.9. The summed E-state index contributed by atoms with van der Waals surface area (Å²) < 4.78 is 36.8. The van der Waals surface area contributed by atoms with Gasteiger partial charge < -0.3 is 20.1 Å². The van der Waals surface area contributed by atoms with Gasteiger partial charge in [0.05, 0.1) is 36.5 Å². The zero-order chi connectivity index (χ0) is 25.4. The Labute approximate surface area is 206 Å². The molecule has 0 spiro atoms. The lowest BCUT2D eigenvalue weighted by Gasteiger charge is -2.29. The second-order valence-corrected chi connectivity index (χ2v) is 9.46. The number of nitrogens with zero attached hydrogens (tertiary/aromatic N) is 3. The van der Waals surface area contributed by atoms with Gasteiger partial charge in [0.1, 0.15) is 17.1 Å². The number of hydrogen-bond donors (Lipinski definition) is 2. The van der Waals surface area contributed by atoms with Gasteiger partial charge in [-0.15, -0.1) is 0 Å². The molecular formula is C26H28F2N4O4. The maximum absolute atomic E-state index is 16.0. The van der Waals surface area contributed by atoms with Crippen molar-refractivity contribution in [1.82, 2.24) is 14.9 Å². The van der Waals surface area contributed by atoms with Crippen LogP contribution in [0.2, 0.25) is 0 Å². The van der Waals surface area contributed by atoms with Crippen molar-refractivity contribution in [3.63, 3.8) is 0 Å². The molecule has 2 fully saturated rings. The van der Waals surface area contributed by atoms with Crippen LogP contribution in [0.25, 0.3) is 5.52 Å². The highest BCUT2D eigenvalue weighted by Gasteiger charge is 2.33. The summed E-state index contributed by atoms with van der Waals surface area (Å²) in [4.78, 5) is 26.2. The van der Waals surface area contributed by atoms with Gasteiger partial charge in [-0.1, -0.05) is 0 Å². The van der Waals surface area contributed by atoms with Crippen molar-refractivity contribution in [1.29, 1.82) is 0 Å². The van der Waals surface area contributed by atoms with Crippen molar-refractivity contribution in [2.45, 2.75) is 50.6 Å². The van der Waals surface area contributed by atoms with Crippen LogP contribution in [0.15, 0.2) is 36.7 Å². The molecule has 1 aliphatic heterocycles. The number of hydrogen-bond acceptors (Lipinski definition) is 5. The molecular weight excluding hydrogens is 470 g/mol. The standard InChI is InChI=1S/C26H28F2N4O4/c1-36-22-9-6-16(27)13-18(22)20-3-2-11-31(20)21-10-12-32-24(23(21)28)19(14-29-32)25(33)30-17-7-4-15(5-8-17)26(34)35/h6,9-10,12-15,17,20H,2-5,7-8,11H2,1H3,(H,30,33)(H,34,35). The SMILES string of the molecule is COc1ccc(F)cc1C1CCCN1c1ccn2ncc(C(=O)NC3CCC(C(=O)O)CC3)c2c1F. The summed E-state index contributed by atoms with van der Waals surface area (Å²) >= 11 is 0. The third-order valence-corrected chi connectivity index (χ3v) is 7.37. The van der Waals surface area contributed by atoms with Gasteiger partial charge in [-0.2, -0.15) is 5.10 Å². The van der Waals surface area contributed by atoms with Gasteiger partial charge in [0, 0.05) is 24.3 Å². The minimum absolute atomic E-state index is 0.0704. The predicted molar refractivity (Wildman–Crippen MR) is 128 cm³/mol. The number of aliphatic carboxylic acids is 1. The number of carbonyl (C=O) groups excluding carboxylic acids is 1. The van der Waals surface area contributed by atoms with Gasteiger partial charge in [-0.25, -0.2) is 13.3 Å². The van der Waals surface area contributed by atoms with E-state index in [2.05, 4.69) is 10.4 Å². The lowest BCUT2D eigenvalue weighted by molar-refractivity contribution is -0.142. The third kappa shape index (κ3) is 4.36. The molecule has 0 radical (unpaired) electrons. The van der Waals surface area contributed by atoms with Gasteiger partial charge in [0.15, 0.2) is 5.82 Å². The van der Waals surface area contributed by atoms with Crippen molar-refractivity contribution in [2.24, 2.45) is 5.92 Å². The fourth-order valence-electron chi connectivity index (χ4n) is 5.51. The number of anilines is 1. The second-order valence-electron chi connectivity index (χ2n) is 9.46. The highest BCUT2D eigenvalue weighted by molar-refractivity contribution is 6.01. The Bertz CT molecular complexity index is 1300. The number of carboxylic acid groups (broad SMARTS) is 1. The van der Waals surface area contributed by atoms with Crippen LogP contribution in [0.5, 0.6) is 5.75 Å². The normalized spacial score (nSPS) is 22.1. The molecule has 3 heterocycles. The number of benzene rings is 1. The number of carboxylic acids is 1. The van der Waals surface area contributed by atoms with Crippen LogP contribution < -0.4 is 15.0 Å². The summed E-state index contributed by atoms with van der Waals surface area (Å²) in [6.07, 6.45) is 6.55. The van der Waals surface area contributed by atoms with Gasteiger partial charge in [-0.3, -0.25) is 9.59 Å². The highest BCUT2D eigenvalue weighted by Crippen LogP contribution is 2.41. The van der Waals surface area contributed by atoms with Gasteiger partial charge >= 0.3 is 5.97 Å². The van der Waals surface area contributed by atoms with E-state index >= 15 is 4.39 Å². The van der Waals surface area contributed by atoms with E-state index in [0.29, 0.717) is 55.6 Å². The van der Waals surface area contributed by atoms with E-state index in [0.717, 1.165) is 6.42 Å². The number of pyridine rings is 1. The smallest absolute Gasteiger partial charge is 0.306 e. The number of nitrogens with one attached hydrogen (secondary N) is 1. The van der Waals surface area contributed by atoms with E-state index in [-0.39, 0.29) is 34.9 Å². The fraction of sp³-hybridized carbons (Fsp3) is 0.423. The molecule has 1 saturated carbocycles. The maximum Gasteiger partial charge on any atom is 0.306 e. The molecule has 2 N–H and O–H groups in total. The maximum atomic E-state index is 16.0. The quantitative estimate of drug-likeness (QED) is 0.525. The third-order valence-electron chi connectivity index (χ3n) is 7.37. The molecule has 190 valence electrons. The molecule has 0 bridgehead atoms. The molecule has 1 saturated heterocycles. The number of ether oxygens (including phenoxy) is 1. The van der Waals surface area contributed by atoms with E-state index in [1.807, 2.05) is 4.90 Å². The summed E-state index contributed by atoms with van der Waals surface area (Å²) in [5.74, 6) is -2.06. The van der Waals surface area contributed by atoms with Crippen LogP contribution in [-0.4, -0.2) is 46.3 Å². The molecule has 2 aliphatic rings. The number of fused-ring (bicyclic) bond motifs is 1. The molecule has 1 aromatic carbocycles. The molecule has 1 amide bonds. The number of carbonyl (C=O) groups is 2. The van der Waals surface area contributed by atoms with Crippen LogP contribution in [0.4, 0.5) is 14.5 Å². The molecule has 3 aromatic rings. The van der Waals surface area contributed by atoms with Crippen LogP contribution in [0, 0.1) is 17.6 Å². The average Bonchev–Trinajstić information content (AvgIpc) is 3.52. The van der Waals surface area contributed by atoms with E-state index in [1.165, 1.54) is 30.0 Å². The van der Waals surface area contributed by atoms with Crippen molar-refractivity contribution < 1.29 is 28.2 Å². The average molecular weight is 499 g/mol. The van der Waals surface area contributed by atoms with Crippen molar-refractivity contribution in [3.05, 3.63) is 59.4 Å². The summed E-state index contributed by atoms with van der Waals surface area (Å²) in [6, 6.07) is 5.50. The second kappa shape index (κ2) is 9.75. The monoisotopic (exact) mass is 498 g/mol. The highest BCUT2D eigenvalue weighted by atomic mass is 19.1. The van der Waals surface area contributed by atoms with E-state index < -0.39 is 17.7 Å². The first kappa shape index (κ1) is 24.0. The fourth-order valence-corrected chi connectivity index (χ4v) is 5.51. The number of halogens is 2. The molecule has 1 unspecified atom stereocenters. The molecule has 36 heavy (non-hydrogen) atoms. The Morgan fingerprint density at radius 1 is 1.14 bits per heavy atom. The lowest BCUT2D eigenvalue weighted by Crippen LogP contribution is -2.38. The van der Waals surface area contributed by atoms with Crippen molar-refractivity contribution >= 4 is 23.1 Å². The van der Waals surface area contributed by atoms with Crippen molar-refractivity contribution in [3.8, 4) is 5.75 Å². The van der Waals surface area contributed by atoms with E-state index in [1.54, 1.807) is 18.3 Å². The Kier molecular flexibility index (Phi) is 6.51. The van der Waals surface area contributed by atoms with Crippen LogP contribution in [0.1, 0.15) is 60.5 Å². The van der Waals surface area contributed by atoms with E-state index in [9.17, 15) is 19.1 Å². The number of rotatable bonds is 6. The van der Waals surface area contributed by atoms with Crippen LogP contribution >= 0.6 is 0 Å². The van der Waals surface area contributed by atoms with E-state index in [4.69, 9.17) is 4.74 Å². The topological polar surface area (TPSA) is 96.2 Å². The summed E-state index contributed by atoms with van der Waals surface area (Å²) in [7, 11) is 1.52. The predicted octanol–water partition coefficient (Wildman–Crippen LogP) is 4.34. The first-order chi connectivity index (χ1) is 17.4.